The molecule has 2 aromatic rings. The van der Waals surface area contributed by atoms with E-state index in [9.17, 15) is 0 Å². The summed E-state index contributed by atoms with van der Waals surface area (Å²) in [6, 6.07) is 5.05. The molecule has 4 heteroatoms. The maximum absolute atomic E-state index is 7.49. The molecule has 3 nitrogen and oxygen atoms in total. The van der Waals surface area contributed by atoms with Gasteiger partial charge in [-0.3, -0.25) is 5.41 Å². The lowest BCUT2D eigenvalue weighted by Gasteiger charge is -1.88. The molecule has 0 aromatic carbocycles. The topological polar surface area (TPSA) is 49.9 Å². The van der Waals surface area contributed by atoms with Crippen LogP contribution >= 0.6 is 11.6 Å². The third kappa shape index (κ3) is 1.42. The summed E-state index contributed by atoms with van der Waals surface area (Å²) in [6.45, 7) is 3.49. The molecule has 14 heavy (non-hydrogen) atoms. The number of fused-ring (bicyclic) bond motifs is 1. The van der Waals surface area contributed by atoms with Gasteiger partial charge in [0, 0.05) is 6.07 Å². The van der Waals surface area contributed by atoms with Crippen molar-refractivity contribution < 1.29 is 4.42 Å². The van der Waals surface area contributed by atoms with Gasteiger partial charge in [0.25, 0.3) is 0 Å². The van der Waals surface area contributed by atoms with Crippen LogP contribution in [0.25, 0.3) is 11.1 Å². The van der Waals surface area contributed by atoms with E-state index in [1.54, 1.807) is 18.2 Å². The Morgan fingerprint density at radius 1 is 1.57 bits per heavy atom. The number of allylic oxidation sites excluding steroid dienone is 1. The third-order valence-electron chi connectivity index (χ3n) is 1.81. The lowest BCUT2D eigenvalue weighted by molar-refractivity contribution is 0.604. The first-order valence-corrected chi connectivity index (χ1v) is 4.36. The van der Waals surface area contributed by atoms with E-state index in [0.717, 1.165) is 0 Å². The summed E-state index contributed by atoms with van der Waals surface area (Å²) < 4.78 is 5.36. The lowest BCUT2D eigenvalue weighted by Crippen LogP contribution is -1.88. The maximum atomic E-state index is 7.49. The molecule has 1 N–H and O–H groups in total. The summed E-state index contributed by atoms with van der Waals surface area (Å²) in [5, 5.41) is 7.90. The molecular formula is C10H7ClN2O. The molecule has 0 bridgehead atoms. The quantitative estimate of drug-likeness (QED) is 0.607. The molecule has 0 aliphatic rings. The van der Waals surface area contributed by atoms with Crippen LogP contribution in [0.3, 0.4) is 0 Å². The van der Waals surface area contributed by atoms with Gasteiger partial charge in [-0.25, -0.2) is 4.98 Å². The van der Waals surface area contributed by atoms with E-state index in [4.69, 9.17) is 21.4 Å². The van der Waals surface area contributed by atoms with Crippen molar-refractivity contribution in [3.05, 3.63) is 41.8 Å². The van der Waals surface area contributed by atoms with Crippen LogP contribution in [0.2, 0.25) is 5.15 Å². The molecule has 2 rings (SSSR count). The Morgan fingerprint density at radius 3 is 3.07 bits per heavy atom. The summed E-state index contributed by atoms with van der Waals surface area (Å²) in [4.78, 5) is 4.05. The molecule has 0 saturated heterocycles. The SMILES string of the molecule is C=CC(=N)c1cc2nc(Cl)ccc2o1. The smallest absolute Gasteiger partial charge is 0.154 e. The first-order chi connectivity index (χ1) is 6.70. The Kier molecular flexibility index (Phi) is 2.09. The number of hydrogen-bond donors (Lipinski definition) is 1. The molecule has 0 aliphatic heterocycles. The summed E-state index contributed by atoms with van der Waals surface area (Å²) in [6.07, 6.45) is 1.42. The zero-order valence-electron chi connectivity index (χ0n) is 7.25. The fourth-order valence-electron chi connectivity index (χ4n) is 1.13. The van der Waals surface area contributed by atoms with E-state index in [2.05, 4.69) is 11.6 Å². The molecule has 0 amide bonds. The van der Waals surface area contributed by atoms with Gasteiger partial charge in [-0.1, -0.05) is 18.2 Å². The molecule has 0 radical (unpaired) electrons. The van der Waals surface area contributed by atoms with Crippen molar-refractivity contribution in [2.45, 2.75) is 0 Å². The van der Waals surface area contributed by atoms with E-state index in [1.807, 2.05) is 0 Å². The summed E-state index contributed by atoms with van der Waals surface area (Å²) in [7, 11) is 0. The van der Waals surface area contributed by atoms with Gasteiger partial charge >= 0.3 is 0 Å². The first kappa shape index (κ1) is 8.97. The minimum Gasteiger partial charge on any atom is -0.453 e. The highest BCUT2D eigenvalue weighted by molar-refractivity contribution is 6.29. The zero-order valence-corrected chi connectivity index (χ0v) is 8.01. The number of aromatic nitrogens is 1. The molecule has 70 valence electrons. The van der Waals surface area contributed by atoms with Crippen molar-refractivity contribution in [3.8, 4) is 0 Å². The second-order valence-corrected chi connectivity index (χ2v) is 3.13. The Hall–Kier alpha value is -1.61. The van der Waals surface area contributed by atoms with Crippen LogP contribution in [-0.2, 0) is 0 Å². The zero-order chi connectivity index (χ0) is 10.1. The molecular weight excluding hydrogens is 200 g/mol. The molecule has 0 fully saturated rings. The summed E-state index contributed by atoms with van der Waals surface area (Å²) >= 11 is 5.71. The minimum absolute atomic E-state index is 0.235. The number of halogens is 1. The average Bonchev–Trinajstić information content (AvgIpc) is 2.59. The number of rotatable bonds is 2. The molecule has 0 saturated carbocycles. The predicted molar refractivity (Wildman–Crippen MR) is 56.0 cm³/mol. The van der Waals surface area contributed by atoms with Crippen LogP contribution in [0, 0.1) is 5.41 Å². The van der Waals surface area contributed by atoms with Crippen molar-refractivity contribution in [3.63, 3.8) is 0 Å². The normalized spacial score (nSPS) is 10.4. The van der Waals surface area contributed by atoms with Gasteiger partial charge in [0.15, 0.2) is 11.3 Å². The van der Waals surface area contributed by atoms with E-state index < -0.39 is 0 Å². The van der Waals surface area contributed by atoms with E-state index in [-0.39, 0.29) is 5.71 Å². The number of nitrogens with one attached hydrogen (secondary N) is 1. The summed E-state index contributed by atoms with van der Waals surface area (Å²) in [5.41, 5.74) is 1.51. The largest absolute Gasteiger partial charge is 0.453 e. The van der Waals surface area contributed by atoms with Crippen LogP contribution in [0.15, 0.2) is 35.3 Å². The highest BCUT2D eigenvalue weighted by Crippen LogP contribution is 2.19. The second kappa shape index (κ2) is 3.27. The maximum Gasteiger partial charge on any atom is 0.154 e. The molecule has 2 heterocycles. The number of hydrogen-bond acceptors (Lipinski definition) is 3. The first-order valence-electron chi connectivity index (χ1n) is 3.98. The van der Waals surface area contributed by atoms with E-state index >= 15 is 0 Å². The number of nitrogens with zero attached hydrogens (tertiary/aromatic N) is 1. The van der Waals surface area contributed by atoms with Crippen LogP contribution in [0.5, 0.6) is 0 Å². The van der Waals surface area contributed by atoms with Crippen molar-refractivity contribution in [1.29, 1.82) is 5.41 Å². The standard InChI is InChI=1S/C10H7ClN2O/c1-2-6(12)9-5-7-8(14-9)3-4-10(11)13-7/h2-5,12H,1H2. The fourth-order valence-corrected chi connectivity index (χ4v) is 1.29. The Morgan fingerprint density at radius 2 is 2.36 bits per heavy atom. The molecule has 0 atom stereocenters. The molecule has 0 spiro atoms. The van der Waals surface area contributed by atoms with Crippen LogP contribution in [0.4, 0.5) is 0 Å². The molecule has 0 aliphatic carbocycles. The minimum atomic E-state index is 0.235. The van der Waals surface area contributed by atoms with Gasteiger partial charge in [-0.05, 0) is 18.2 Å². The van der Waals surface area contributed by atoms with Gasteiger partial charge < -0.3 is 4.42 Å². The number of pyridine rings is 1. The van der Waals surface area contributed by atoms with Gasteiger partial charge in [0.2, 0.25) is 0 Å². The van der Waals surface area contributed by atoms with Gasteiger partial charge in [0.05, 0.1) is 5.71 Å². The van der Waals surface area contributed by atoms with Crippen LogP contribution < -0.4 is 0 Å². The summed E-state index contributed by atoms with van der Waals surface area (Å²) in [5.74, 6) is 0.449. The van der Waals surface area contributed by atoms with Crippen molar-refractivity contribution in [2.24, 2.45) is 0 Å². The van der Waals surface area contributed by atoms with Crippen LogP contribution in [0.1, 0.15) is 5.76 Å². The Balaban J connectivity index is 2.62. The van der Waals surface area contributed by atoms with E-state index in [0.29, 0.717) is 22.0 Å². The molecule has 0 unspecified atom stereocenters. The van der Waals surface area contributed by atoms with Gasteiger partial charge in [-0.15, -0.1) is 0 Å². The van der Waals surface area contributed by atoms with E-state index in [1.165, 1.54) is 6.08 Å². The molecule has 2 aromatic heterocycles. The van der Waals surface area contributed by atoms with Gasteiger partial charge in [0.1, 0.15) is 10.7 Å². The third-order valence-corrected chi connectivity index (χ3v) is 2.02. The Bertz CT molecular complexity index is 516. The lowest BCUT2D eigenvalue weighted by atomic mass is 10.3. The average molecular weight is 207 g/mol. The van der Waals surface area contributed by atoms with Crippen molar-refractivity contribution >= 4 is 28.4 Å². The van der Waals surface area contributed by atoms with Crippen LogP contribution in [-0.4, -0.2) is 10.7 Å². The highest BCUT2D eigenvalue weighted by Gasteiger charge is 2.07. The monoisotopic (exact) mass is 206 g/mol. The van der Waals surface area contributed by atoms with Crippen molar-refractivity contribution in [2.75, 3.05) is 0 Å². The Labute approximate surface area is 85.5 Å². The fraction of sp³-hybridized carbons (Fsp3) is 0. The second-order valence-electron chi connectivity index (χ2n) is 2.75. The predicted octanol–water partition coefficient (Wildman–Crippen LogP) is 3.04. The highest BCUT2D eigenvalue weighted by atomic mass is 35.5. The van der Waals surface area contributed by atoms with Crippen molar-refractivity contribution in [1.82, 2.24) is 4.98 Å². The van der Waals surface area contributed by atoms with Gasteiger partial charge in [-0.2, -0.15) is 0 Å². The number of furan rings is 1.